The zero-order valence-corrected chi connectivity index (χ0v) is 11.6. The molecule has 2 atom stereocenters. The van der Waals surface area contributed by atoms with Gasteiger partial charge < -0.3 is 14.7 Å². The normalized spacial score (nSPS) is 13.8. The van der Waals surface area contributed by atoms with Crippen LogP contribution in [-0.2, 0) is 20.5 Å². The topological polar surface area (TPSA) is 95.9 Å². The lowest BCUT2D eigenvalue weighted by Crippen LogP contribution is -2.36. The summed E-state index contributed by atoms with van der Waals surface area (Å²) in [5, 5.41) is 11.5. The Morgan fingerprint density at radius 1 is 1.42 bits per heavy atom. The Hall–Kier alpha value is -1.36. The minimum absolute atomic E-state index is 0.123. The second kappa shape index (κ2) is 7.94. The number of hydrogen-bond donors (Lipinski definition) is 3. The Bertz CT molecular complexity index is 434. The van der Waals surface area contributed by atoms with Crippen molar-refractivity contribution in [3.8, 4) is 5.75 Å². The predicted molar refractivity (Wildman–Crippen MR) is 71.2 cm³/mol. The number of ether oxygens (including phenoxy) is 1. The second-order valence-corrected chi connectivity index (χ2v) is 4.94. The number of hydrogen-bond acceptors (Lipinski definition) is 4. The summed E-state index contributed by atoms with van der Waals surface area (Å²) >= 11 is 0. The molecule has 0 saturated heterocycles. The Balaban J connectivity index is 2.70. The molecule has 19 heavy (non-hydrogen) atoms. The summed E-state index contributed by atoms with van der Waals surface area (Å²) in [6.07, 6.45) is 0.909. The van der Waals surface area contributed by atoms with E-state index in [-0.39, 0.29) is 18.8 Å². The van der Waals surface area contributed by atoms with E-state index < -0.39 is 20.2 Å². The second-order valence-electron chi connectivity index (χ2n) is 4.04. The first-order valence-corrected chi connectivity index (χ1v) is 7.32. The van der Waals surface area contributed by atoms with Gasteiger partial charge in [-0.3, -0.25) is 9.36 Å². The van der Waals surface area contributed by atoms with E-state index in [9.17, 15) is 9.36 Å². The quantitative estimate of drug-likeness (QED) is 0.515. The van der Waals surface area contributed by atoms with Crippen LogP contribution in [0.4, 0.5) is 0 Å². The molecule has 2 unspecified atom stereocenters. The molecule has 0 aliphatic heterocycles. The van der Waals surface area contributed by atoms with Crippen LogP contribution >= 0.6 is 8.18 Å². The molecule has 6 nitrogen and oxygen atoms in total. The number of carbonyl (C=O) groups excluding carboxylic acids is 1. The first kappa shape index (κ1) is 15.7. The van der Waals surface area contributed by atoms with Crippen molar-refractivity contribution in [2.45, 2.75) is 25.8 Å². The maximum Gasteiger partial charge on any atom is 0.323 e. The van der Waals surface area contributed by atoms with Gasteiger partial charge in [-0.2, -0.15) is 0 Å². The molecule has 0 amide bonds. The average molecular weight is 287 g/mol. The fourth-order valence-corrected chi connectivity index (χ4v) is 2.03. The SMILES string of the molecule is CCCOC(=O)C(Cc1ccc(O)cc1)N[PH](=O)O. The molecule has 106 valence electrons. The van der Waals surface area contributed by atoms with Crippen molar-refractivity contribution in [2.24, 2.45) is 0 Å². The van der Waals surface area contributed by atoms with Crippen LogP contribution < -0.4 is 5.09 Å². The first-order chi connectivity index (χ1) is 9.02. The molecule has 0 spiro atoms. The van der Waals surface area contributed by atoms with Crippen molar-refractivity contribution in [1.29, 1.82) is 0 Å². The van der Waals surface area contributed by atoms with Crippen LogP contribution in [0.5, 0.6) is 5.75 Å². The maximum absolute atomic E-state index is 11.7. The number of carbonyl (C=O) groups is 1. The van der Waals surface area contributed by atoms with Crippen LogP contribution in [0.3, 0.4) is 0 Å². The predicted octanol–water partition coefficient (Wildman–Crippen LogP) is 1.23. The highest BCUT2D eigenvalue weighted by Crippen LogP contribution is 2.15. The van der Waals surface area contributed by atoms with Crippen LogP contribution in [0.15, 0.2) is 24.3 Å². The van der Waals surface area contributed by atoms with Crippen LogP contribution in [0.2, 0.25) is 0 Å². The summed E-state index contributed by atoms with van der Waals surface area (Å²) in [4.78, 5) is 20.6. The molecule has 0 aliphatic carbocycles. The number of esters is 1. The molecule has 7 heteroatoms. The Morgan fingerprint density at radius 3 is 2.58 bits per heavy atom. The van der Waals surface area contributed by atoms with Crippen molar-refractivity contribution in [2.75, 3.05) is 6.61 Å². The van der Waals surface area contributed by atoms with Crippen LogP contribution in [-0.4, -0.2) is 28.6 Å². The maximum atomic E-state index is 11.7. The van der Waals surface area contributed by atoms with Crippen molar-refractivity contribution < 1.29 is 24.1 Å². The monoisotopic (exact) mass is 287 g/mol. The number of rotatable bonds is 7. The van der Waals surface area contributed by atoms with E-state index in [0.29, 0.717) is 6.42 Å². The zero-order valence-electron chi connectivity index (χ0n) is 10.6. The highest BCUT2D eigenvalue weighted by molar-refractivity contribution is 7.35. The summed E-state index contributed by atoms with van der Waals surface area (Å²) in [6, 6.07) is 5.40. The van der Waals surface area contributed by atoms with Gasteiger partial charge in [0.05, 0.1) is 6.61 Å². The van der Waals surface area contributed by atoms with E-state index in [4.69, 9.17) is 14.7 Å². The third-order valence-electron chi connectivity index (χ3n) is 2.41. The number of benzene rings is 1. The minimum atomic E-state index is -2.98. The van der Waals surface area contributed by atoms with Crippen molar-refractivity contribution in [1.82, 2.24) is 5.09 Å². The Morgan fingerprint density at radius 2 is 2.05 bits per heavy atom. The van der Waals surface area contributed by atoms with Gasteiger partial charge in [-0.25, -0.2) is 5.09 Å². The Kier molecular flexibility index (Phi) is 6.56. The van der Waals surface area contributed by atoms with E-state index in [1.807, 2.05) is 6.92 Å². The van der Waals surface area contributed by atoms with E-state index in [2.05, 4.69) is 5.09 Å². The van der Waals surface area contributed by atoms with Crippen LogP contribution in [0, 0.1) is 0 Å². The van der Waals surface area contributed by atoms with Gasteiger partial charge in [0.2, 0.25) is 0 Å². The molecular weight excluding hydrogens is 269 g/mol. The van der Waals surface area contributed by atoms with E-state index in [0.717, 1.165) is 5.56 Å². The lowest BCUT2D eigenvalue weighted by molar-refractivity contribution is -0.145. The van der Waals surface area contributed by atoms with E-state index in [1.165, 1.54) is 12.1 Å². The average Bonchev–Trinajstić information content (AvgIpc) is 2.37. The largest absolute Gasteiger partial charge is 0.508 e. The summed E-state index contributed by atoms with van der Waals surface area (Å²) in [6.45, 7) is 2.14. The summed E-state index contributed by atoms with van der Waals surface area (Å²) in [5.41, 5.74) is 0.756. The molecule has 0 saturated carbocycles. The van der Waals surface area contributed by atoms with Gasteiger partial charge in [0.1, 0.15) is 11.8 Å². The molecule has 0 fully saturated rings. The molecule has 3 N–H and O–H groups in total. The molecule has 0 radical (unpaired) electrons. The highest BCUT2D eigenvalue weighted by atomic mass is 31.1. The molecule has 0 bridgehead atoms. The summed E-state index contributed by atoms with van der Waals surface area (Å²) in [7, 11) is -2.98. The van der Waals surface area contributed by atoms with Gasteiger partial charge in [-0.1, -0.05) is 19.1 Å². The van der Waals surface area contributed by atoms with Crippen molar-refractivity contribution in [3.05, 3.63) is 29.8 Å². The lowest BCUT2D eigenvalue weighted by atomic mass is 10.1. The Labute approximate surface area is 112 Å². The fraction of sp³-hybridized carbons (Fsp3) is 0.417. The number of nitrogens with one attached hydrogen (secondary N) is 1. The first-order valence-electron chi connectivity index (χ1n) is 5.97. The highest BCUT2D eigenvalue weighted by Gasteiger charge is 2.21. The number of phenols is 1. The summed E-state index contributed by atoms with van der Waals surface area (Å²) in [5.74, 6) is -0.431. The third-order valence-corrected chi connectivity index (χ3v) is 3.00. The van der Waals surface area contributed by atoms with Crippen molar-refractivity contribution >= 4 is 14.1 Å². The summed E-state index contributed by atoms with van der Waals surface area (Å²) < 4.78 is 15.8. The molecule has 0 aromatic heterocycles. The minimum Gasteiger partial charge on any atom is -0.508 e. The van der Waals surface area contributed by atoms with E-state index in [1.54, 1.807) is 12.1 Å². The van der Waals surface area contributed by atoms with E-state index >= 15 is 0 Å². The molecule has 0 heterocycles. The van der Waals surface area contributed by atoms with Gasteiger partial charge >= 0.3 is 5.97 Å². The van der Waals surface area contributed by atoms with Crippen LogP contribution in [0.1, 0.15) is 18.9 Å². The number of aromatic hydroxyl groups is 1. The van der Waals surface area contributed by atoms with Gasteiger partial charge in [-0.05, 0) is 30.5 Å². The molecule has 1 aromatic carbocycles. The zero-order chi connectivity index (χ0) is 14.3. The van der Waals surface area contributed by atoms with Crippen molar-refractivity contribution in [3.63, 3.8) is 0 Å². The molecule has 0 aliphatic rings. The fourth-order valence-electron chi connectivity index (χ4n) is 1.51. The molecular formula is C12H18NO5P. The number of phenolic OH excluding ortho intramolecular Hbond substituents is 1. The van der Waals surface area contributed by atoms with Crippen LogP contribution in [0.25, 0.3) is 0 Å². The molecule has 1 rings (SSSR count). The van der Waals surface area contributed by atoms with Gasteiger partial charge in [0.15, 0.2) is 0 Å². The lowest BCUT2D eigenvalue weighted by Gasteiger charge is -2.15. The third kappa shape index (κ3) is 5.87. The van der Waals surface area contributed by atoms with Gasteiger partial charge in [0.25, 0.3) is 8.18 Å². The van der Waals surface area contributed by atoms with Gasteiger partial charge in [-0.15, -0.1) is 0 Å². The standard InChI is InChI=1S/C12H18NO5P/c1-2-7-18-12(15)11(13-19(16)17)8-9-3-5-10(14)6-4-9/h3-6,11,14,19H,2,7-8H2,1H3,(H2,13,16,17). The van der Waals surface area contributed by atoms with Gasteiger partial charge in [0, 0.05) is 0 Å². The molecule has 1 aromatic rings. The smallest absolute Gasteiger partial charge is 0.323 e.